The molecular weight excluding hydrogens is 192 g/mol. The Labute approximate surface area is 87.0 Å². The largest absolute Gasteiger partial charge is 0.481 e. The van der Waals surface area contributed by atoms with E-state index >= 15 is 0 Å². The molecule has 2 N–H and O–H groups in total. The third-order valence-corrected chi connectivity index (χ3v) is 1.91. The minimum atomic E-state index is 0.196. The van der Waals surface area contributed by atoms with E-state index in [1.54, 1.807) is 18.5 Å². The molecule has 15 heavy (non-hydrogen) atoms. The van der Waals surface area contributed by atoms with Crippen molar-refractivity contribution in [3.8, 4) is 17.1 Å². The maximum atomic E-state index is 5.55. The molecule has 0 aromatic carbocycles. The van der Waals surface area contributed by atoms with Crippen LogP contribution in [0.2, 0.25) is 0 Å². The van der Waals surface area contributed by atoms with E-state index in [2.05, 4.69) is 15.0 Å². The molecule has 0 spiro atoms. The predicted octanol–water partition coefficient (Wildman–Crippen LogP) is 1.13. The zero-order valence-electron chi connectivity index (χ0n) is 8.21. The highest BCUT2D eigenvalue weighted by molar-refractivity contribution is 5.60. The van der Waals surface area contributed by atoms with Crippen molar-refractivity contribution in [2.24, 2.45) is 0 Å². The van der Waals surface area contributed by atoms with E-state index in [1.807, 2.05) is 12.1 Å². The van der Waals surface area contributed by atoms with E-state index in [9.17, 15) is 0 Å². The van der Waals surface area contributed by atoms with Gasteiger partial charge in [0.1, 0.15) is 0 Å². The van der Waals surface area contributed by atoms with Gasteiger partial charge in [-0.05, 0) is 12.1 Å². The minimum Gasteiger partial charge on any atom is -0.481 e. The topological polar surface area (TPSA) is 73.9 Å². The van der Waals surface area contributed by atoms with Crippen molar-refractivity contribution >= 4 is 5.95 Å². The molecule has 0 aliphatic carbocycles. The number of anilines is 1. The van der Waals surface area contributed by atoms with E-state index in [1.165, 1.54) is 7.11 Å². The lowest BCUT2D eigenvalue weighted by atomic mass is 10.2. The number of methoxy groups -OCH3 is 1. The molecule has 0 saturated carbocycles. The van der Waals surface area contributed by atoms with Crippen molar-refractivity contribution in [2.45, 2.75) is 0 Å². The van der Waals surface area contributed by atoms with E-state index in [-0.39, 0.29) is 5.95 Å². The molecule has 0 atom stereocenters. The summed E-state index contributed by atoms with van der Waals surface area (Å²) in [6, 6.07) is 5.42. The van der Waals surface area contributed by atoms with Crippen molar-refractivity contribution in [3.05, 3.63) is 30.6 Å². The maximum Gasteiger partial charge on any atom is 0.223 e. The number of nitrogens with zero attached hydrogens (tertiary/aromatic N) is 3. The summed E-state index contributed by atoms with van der Waals surface area (Å²) in [7, 11) is 1.54. The predicted molar refractivity (Wildman–Crippen MR) is 56.2 cm³/mol. The smallest absolute Gasteiger partial charge is 0.223 e. The van der Waals surface area contributed by atoms with Crippen LogP contribution < -0.4 is 10.5 Å². The molecule has 2 heterocycles. The van der Waals surface area contributed by atoms with Crippen LogP contribution in [0, 0.1) is 0 Å². The fourth-order valence-corrected chi connectivity index (χ4v) is 1.22. The molecule has 0 radical (unpaired) electrons. The second-order valence-electron chi connectivity index (χ2n) is 2.89. The van der Waals surface area contributed by atoms with Gasteiger partial charge < -0.3 is 10.5 Å². The quantitative estimate of drug-likeness (QED) is 0.790. The Balaban J connectivity index is 2.49. The first-order valence-electron chi connectivity index (χ1n) is 4.38. The summed E-state index contributed by atoms with van der Waals surface area (Å²) >= 11 is 0. The molecule has 0 unspecified atom stereocenters. The van der Waals surface area contributed by atoms with Crippen LogP contribution in [0.3, 0.4) is 0 Å². The molecule has 0 amide bonds. The van der Waals surface area contributed by atoms with Crippen LogP contribution >= 0.6 is 0 Å². The van der Waals surface area contributed by atoms with Gasteiger partial charge in [0.25, 0.3) is 0 Å². The molecule has 76 valence electrons. The van der Waals surface area contributed by atoms with Gasteiger partial charge in [-0.1, -0.05) is 0 Å². The molecular formula is C10H10N4O. The van der Waals surface area contributed by atoms with Gasteiger partial charge in [0.2, 0.25) is 11.8 Å². The van der Waals surface area contributed by atoms with Gasteiger partial charge in [-0.25, -0.2) is 4.98 Å². The normalized spacial score (nSPS) is 9.93. The van der Waals surface area contributed by atoms with E-state index < -0.39 is 0 Å². The highest BCUT2D eigenvalue weighted by Gasteiger charge is 2.04. The molecule has 0 fully saturated rings. The number of rotatable bonds is 2. The van der Waals surface area contributed by atoms with Crippen molar-refractivity contribution in [2.75, 3.05) is 12.8 Å². The first-order chi connectivity index (χ1) is 7.29. The molecule has 5 nitrogen and oxygen atoms in total. The SMILES string of the molecule is COc1cc(-c2ccncc2)nc(N)n1. The fourth-order valence-electron chi connectivity index (χ4n) is 1.22. The van der Waals surface area contributed by atoms with Crippen molar-refractivity contribution in [1.29, 1.82) is 0 Å². The van der Waals surface area contributed by atoms with Crippen molar-refractivity contribution < 1.29 is 4.74 Å². The number of nitrogen functional groups attached to an aromatic ring is 1. The lowest BCUT2D eigenvalue weighted by Crippen LogP contribution is -1.99. The van der Waals surface area contributed by atoms with Crippen LogP contribution in [-0.4, -0.2) is 22.1 Å². The number of ether oxygens (including phenoxy) is 1. The number of hydrogen-bond donors (Lipinski definition) is 1. The van der Waals surface area contributed by atoms with Gasteiger partial charge in [-0.3, -0.25) is 4.98 Å². The maximum absolute atomic E-state index is 5.55. The monoisotopic (exact) mass is 202 g/mol. The van der Waals surface area contributed by atoms with Crippen molar-refractivity contribution in [3.63, 3.8) is 0 Å². The molecule has 0 aliphatic rings. The van der Waals surface area contributed by atoms with Crippen LogP contribution in [0.5, 0.6) is 5.88 Å². The Bertz CT molecular complexity index is 458. The summed E-state index contributed by atoms with van der Waals surface area (Å²) in [6.45, 7) is 0. The highest BCUT2D eigenvalue weighted by atomic mass is 16.5. The summed E-state index contributed by atoms with van der Waals surface area (Å²) < 4.78 is 5.01. The lowest BCUT2D eigenvalue weighted by Gasteiger charge is -2.04. The van der Waals surface area contributed by atoms with Gasteiger partial charge in [0.05, 0.1) is 12.8 Å². The first-order valence-corrected chi connectivity index (χ1v) is 4.38. The zero-order valence-corrected chi connectivity index (χ0v) is 8.21. The number of hydrogen-bond acceptors (Lipinski definition) is 5. The Morgan fingerprint density at radius 3 is 2.60 bits per heavy atom. The fraction of sp³-hybridized carbons (Fsp3) is 0.100. The average Bonchev–Trinajstić information content (AvgIpc) is 2.29. The molecule has 0 aliphatic heterocycles. The third kappa shape index (κ3) is 2.01. The highest BCUT2D eigenvalue weighted by Crippen LogP contribution is 2.20. The Kier molecular flexibility index (Phi) is 2.45. The van der Waals surface area contributed by atoms with E-state index in [0.717, 1.165) is 11.3 Å². The van der Waals surface area contributed by atoms with Crippen LogP contribution in [0.15, 0.2) is 30.6 Å². The summed E-state index contributed by atoms with van der Waals surface area (Å²) in [5.74, 6) is 0.649. The van der Waals surface area contributed by atoms with E-state index in [4.69, 9.17) is 10.5 Å². The van der Waals surface area contributed by atoms with Crippen LogP contribution in [0.4, 0.5) is 5.95 Å². The Morgan fingerprint density at radius 1 is 1.20 bits per heavy atom. The summed E-state index contributed by atoms with van der Waals surface area (Å²) in [5.41, 5.74) is 7.21. The second-order valence-corrected chi connectivity index (χ2v) is 2.89. The Morgan fingerprint density at radius 2 is 1.93 bits per heavy atom. The van der Waals surface area contributed by atoms with Crippen LogP contribution in [-0.2, 0) is 0 Å². The van der Waals surface area contributed by atoms with E-state index in [0.29, 0.717) is 5.88 Å². The van der Waals surface area contributed by atoms with Crippen LogP contribution in [0.1, 0.15) is 0 Å². The number of nitrogens with two attached hydrogens (primary N) is 1. The summed E-state index contributed by atoms with van der Waals surface area (Å²) in [4.78, 5) is 11.9. The number of aromatic nitrogens is 3. The number of pyridine rings is 1. The van der Waals surface area contributed by atoms with Gasteiger partial charge in [0.15, 0.2) is 0 Å². The lowest BCUT2D eigenvalue weighted by molar-refractivity contribution is 0.398. The molecule has 0 bridgehead atoms. The molecule has 2 rings (SSSR count). The third-order valence-electron chi connectivity index (χ3n) is 1.91. The van der Waals surface area contributed by atoms with Gasteiger partial charge in [-0.15, -0.1) is 0 Å². The van der Waals surface area contributed by atoms with Gasteiger partial charge >= 0.3 is 0 Å². The summed E-state index contributed by atoms with van der Waals surface area (Å²) in [5, 5.41) is 0. The summed E-state index contributed by atoms with van der Waals surface area (Å²) in [6.07, 6.45) is 3.39. The van der Waals surface area contributed by atoms with Gasteiger partial charge in [0, 0.05) is 24.0 Å². The molecule has 0 saturated heterocycles. The average molecular weight is 202 g/mol. The first kappa shape index (κ1) is 9.39. The molecule has 5 heteroatoms. The van der Waals surface area contributed by atoms with Crippen molar-refractivity contribution in [1.82, 2.24) is 15.0 Å². The minimum absolute atomic E-state index is 0.196. The Hall–Kier alpha value is -2.17. The molecule has 2 aromatic heterocycles. The second kappa shape index (κ2) is 3.91. The standard InChI is InChI=1S/C10H10N4O/c1-15-9-6-8(13-10(11)14-9)7-2-4-12-5-3-7/h2-6H,1H3,(H2,11,13,14). The zero-order chi connectivity index (χ0) is 10.7. The van der Waals surface area contributed by atoms with Gasteiger partial charge in [-0.2, -0.15) is 4.98 Å². The molecule has 2 aromatic rings. The van der Waals surface area contributed by atoms with Crippen LogP contribution in [0.25, 0.3) is 11.3 Å².